The van der Waals surface area contributed by atoms with Crippen LogP contribution in [0.15, 0.2) is 48.5 Å². The molecule has 1 aliphatic rings. The molecule has 0 spiro atoms. The molecule has 0 atom stereocenters. The van der Waals surface area contributed by atoms with Gasteiger partial charge >= 0.3 is 0 Å². The summed E-state index contributed by atoms with van der Waals surface area (Å²) in [5.74, 6) is 2.49. The van der Waals surface area contributed by atoms with Crippen LogP contribution >= 0.6 is 0 Å². The molecule has 0 bridgehead atoms. The number of fused-ring (bicyclic) bond motifs is 2. The van der Waals surface area contributed by atoms with Gasteiger partial charge in [0.15, 0.2) is 0 Å². The van der Waals surface area contributed by atoms with Crippen molar-refractivity contribution in [3.05, 3.63) is 59.7 Å². The van der Waals surface area contributed by atoms with Crippen LogP contribution in [-0.4, -0.2) is 0 Å². The predicted molar refractivity (Wildman–Crippen MR) is 81.1 cm³/mol. The van der Waals surface area contributed by atoms with Gasteiger partial charge in [0, 0.05) is 17.0 Å². The van der Waals surface area contributed by atoms with E-state index in [1.165, 1.54) is 17.5 Å². The maximum atomic E-state index is 5.91. The zero-order valence-electron chi connectivity index (χ0n) is 12.0. The van der Waals surface area contributed by atoms with Crippen LogP contribution in [-0.2, 0) is 0 Å². The molecule has 1 nitrogen and oxygen atoms in total. The molecule has 0 saturated carbocycles. The lowest BCUT2D eigenvalue weighted by molar-refractivity contribution is 0.443. The highest BCUT2D eigenvalue weighted by atomic mass is 16.5. The zero-order chi connectivity index (χ0) is 13.7. The van der Waals surface area contributed by atoms with E-state index in [1.807, 2.05) is 24.3 Å². The first-order valence-corrected chi connectivity index (χ1v) is 7.17. The lowest BCUT2D eigenvalue weighted by Gasteiger charge is -2.27. The fourth-order valence-electron chi connectivity index (χ4n) is 2.45. The molecule has 0 aliphatic carbocycles. The quantitative estimate of drug-likeness (QED) is 0.629. The number of ether oxygens (including phenoxy) is 1. The Balaban J connectivity index is 0.000000408. The summed E-state index contributed by atoms with van der Waals surface area (Å²) >= 11 is 0. The monoisotopic (exact) mass is 254 g/mol. The van der Waals surface area contributed by atoms with Crippen molar-refractivity contribution in [1.29, 1.82) is 0 Å². The van der Waals surface area contributed by atoms with E-state index in [-0.39, 0.29) is 0 Å². The smallest absolute Gasteiger partial charge is 0.131 e. The average molecular weight is 254 g/mol. The molecule has 0 fully saturated rings. The van der Waals surface area contributed by atoms with Gasteiger partial charge in [0.2, 0.25) is 0 Å². The van der Waals surface area contributed by atoms with Crippen LogP contribution in [0.3, 0.4) is 0 Å². The summed E-state index contributed by atoms with van der Waals surface area (Å²) in [7, 11) is 0. The zero-order valence-corrected chi connectivity index (χ0v) is 12.0. The van der Waals surface area contributed by atoms with Gasteiger partial charge in [0.25, 0.3) is 0 Å². The van der Waals surface area contributed by atoms with Gasteiger partial charge in [0.1, 0.15) is 11.5 Å². The summed E-state index contributed by atoms with van der Waals surface area (Å²) in [5, 5.41) is 0. The molecule has 3 rings (SSSR count). The number of rotatable bonds is 1. The molecule has 1 heterocycles. The van der Waals surface area contributed by atoms with Crippen molar-refractivity contribution < 1.29 is 4.74 Å². The Morgan fingerprint density at radius 1 is 0.789 bits per heavy atom. The molecular weight excluding hydrogens is 232 g/mol. The summed E-state index contributed by atoms with van der Waals surface area (Å²) in [6.45, 7) is 6.48. The van der Waals surface area contributed by atoms with Gasteiger partial charge < -0.3 is 4.74 Å². The van der Waals surface area contributed by atoms with Crippen LogP contribution in [0.4, 0.5) is 0 Å². The van der Waals surface area contributed by atoms with Crippen LogP contribution in [0.2, 0.25) is 0 Å². The number of hydrogen-bond donors (Lipinski definition) is 0. The van der Waals surface area contributed by atoms with Crippen LogP contribution in [0.5, 0.6) is 11.5 Å². The SMILES string of the molecule is CCC.CCC1c2ccccc2Oc2ccccc21. The lowest BCUT2D eigenvalue weighted by atomic mass is 9.86. The molecule has 1 heteroatoms. The molecular formula is C18H22O. The Kier molecular flexibility index (Phi) is 4.62. The van der Waals surface area contributed by atoms with Crippen molar-refractivity contribution in [2.75, 3.05) is 0 Å². The molecule has 1 aliphatic heterocycles. The number of benzene rings is 2. The fourth-order valence-corrected chi connectivity index (χ4v) is 2.45. The third kappa shape index (κ3) is 2.81. The van der Waals surface area contributed by atoms with E-state index in [4.69, 9.17) is 4.74 Å². The van der Waals surface area contributed by atoms with E-state index >= 15 is 0 Å². The molecule has 0 N–H and O–H groups in total. The number of hydrogen-bond acceptors (Lipinski definition) is 1. The molecule has 2 aromatic rings. The van der Waals surface area contributed by atoms with Gasteiger partial charge in [-0.05, 0) is 18.6 Å². The van der Waals surface area contributed by atoms with Crippen molar-refractivity contribution in [2.24, 2.45) is 0 Å². The molecule has 0 radical (unpaired) electrons. The first kappa shape index (κ1) is 13.7. The summed E-state index contributed by atoms with van der Waals surface area (Å²) < 4.78 is 5.91. The minimum Gasteiger partial charge on any atom is -0.457 e. The summed E-state index contributed by atoms with van der Waals surface area (Å²) in [5.41, 5.74) is 2.62. The summed E-state index contributed by atoms with van der Waals surface area (Å²) in [4.78, 5) is 0. The van der Waals surface area contributed by atoms with Crippen molar-refractivity contribution in [2.45, 2.75) is 39.5 Å². The van der Waals surface area contributed by atoms with Gasteiger partial charge in [-0.3, -0.25) is 0 Å². The molecule has 19 heavy (non-hydrogen) atoms. The van der Waals surface area contributed by atoms with Crippen LogP contribution in [0.25, 0.3) is 0 Å². The molecule has 0 saturated heterocycles. The predicted octanol–water partition coefficient (Wildman–Crippen LogP) is 5.75. The van der Waals surface area contributed by atoms with Gasteiger partial charge in [0.05, 0.1) is 0 Å². The van der Waals surface area contributed by atoms with Crippen LogP contribution < -0.4 is 4.74 Å². The van der Waals surface area contributed by atoms with E-state index in [1.54, 1.807) is 0 Å². The number of para-hydroxylation sites is 2. The van der Waals surface area contributed by atoms with E-state index in [2.05, 4.69) is 45.0 Å². The second-order valence-corrected chi connectivity index (χ2v) is 4.85. The molecule has 0 unspecified atom stereocenters. The first-order valence-electron chi connectivity index (χ1n) is 7.17. The van der Waals surface area contributed by atoms with Gasteiger partial charge in [-0.25, -0.2) is 0 Å². The van der Waals surface area contributed by atoms with Crippen molar-refractivity contribution in [1.82, 2.24) is 0 Å². The highest BCUT2D eigenvalue weighted by Crippen LogP contribution is 2.44. The van der Waals surface area contributed by atoms with E-state index in [0.717, 1.165) is 17.9 Å². The van der Waals surface area contributed by atoms with E-state index < -0.39 is 0 Å². The van der Waals surface area contributed by atoms with Gasteiger partial charge in [-0.1, -0.05) is 63.6 Å². The minimum atomic E-state index is 0.473. The maximum absolute atomic E-state index is 5.91. The summed E-state index contributed by atoms with van der Waals surface area (Å²) in [6.07, 6.45) is 2.36. The van der Waals surface area contributed by atoms with Crippen molar-refractivity contribution >= 4 is 0 Å². The highest BCUT2D eigenvalue weighted by Gasteiger charge is 2.24. The van der Waals surface area contributed by atoms with E-state index in [0.29, 0.717) is 5.92 Å². The van der Waals surface area contributed by atoms with Gasteiger partial charge in [-0.15, -0.1) is 0 Å². The van der Waals surface area contributed by atoms with E-state index in [9.17, 15) is 0 Å². The van der Waals surface area contributed by atoms with Crippen LogP contribution in [0, 0.1) is 0 Å². The largest absolute Gasteiger partial charge is 0.457 e. The Labute approximate surface area is 116 Å². The third-order valence-corrected chi connectivity index (χ3v) is 3.22. The Hall–Kier alpha value is -1.76. The Morgan fingerprint density at radius 3 is 1.63 bits per heavy atom. The average Bonchev–Trinajstić information content (AvgIpc) is 2.45. The second kappa shape index (κ2) is 6.42. The second-order valence-electron chi connectivity index (χ2n) is 4.85. The topological polar surface area (TPSA) is 9.23 Å². The van der Waals surface area contributed by atoms with Crippen LogP contribution in [0.1, 0.15) is 50.7 Å². The molecule has 100 valence electrons. The molecule has 0 amide bonds. The molecule has 2 aromatic carbocycles. The lowest BCUT2D eigenvalue weighted by Crippen LogP contribution is -2.08. The fraction of sp³-hybridized carbons (Fsp3) is 0.333. The molecule has 0 aromatic heterocycles. The van der Waals surface area contributed by atoms with Crippen molar-refractivity contribution in [3.8, 4) is 11.5 Å². The van der Waals surface area contributed by atoms with Crippen molar-refractivity contribution in [3.63, 3.8) is 0 Å². The Bertz CT molecular complexity index is 485. The first-order chi connectivity index (χ1) is 9.31. The Morgan fingerprint density at radius 2 is 1.21 bits per heavy atom. The normalized spacial score (nSPS) is 12.6. The third-order valence-electron chi connectivity index (χ3n) is 3.22. The highest BCUT2D eigenvalue weighted by molar-refractivity contribution is 5.53. The maximum Gasteiger partial charge on any atom is 0.131 e. The summed E-state index contributed by atoms with van der Waals surface area (Å²) in [6, 6.07) is 16.7. The standard InChI is InChI=1S/C15H14O.C3H8/c1-2-11-12-7-3-5-9-14(12)16-15-10-6-4-8-13(11)15;1-3-2/h3-11H,2H2,1H3;3H2,1-2H3. The minimum absolute atomic E-state index is 0.473. The van der Waals surface area contributed by atoms with Gasteiger partial charge in [-0.2, -0.15) is 0 Å².